The molecule has 0 spiro atoms. The van der Waals surface area contributed by atoms with Crippen molar-refractivity contribution in [3.8, 4) is 0 Å². The molecule has 12 nitrogen and oxygen atoms in total. The van der Waals surface area contributed by atoms with E-state index in [0.717, 1.165) is 6.07 Å². The first kappa shape index (κ1) is 33.7. The smallest absolute Gasteiger partial charge is 0.287 e. The Morgan fingerprint density at radius 2 is 0.976 bits per heavy atom. The average molecular weight is 625 g/mol. The molecule has 5 rings (SSSR count). The molecule has 16 heteroatoms. The zero-order valence-electron chi connectivity index (χ0n) is 22.1. The summed E-state index contributed by atoms with van der Waals surface area (Å²) in [5, 5.41) is 8.56. The molecule has 0 aliphatic heterocycles. The Hall–Kier alpha value is -2.76. The van der Waals surface area contributed by atoms with Crippen LogP contribution < -0.4 is 32.4 Å². The van der Waals surface area contributed by atoms with E-state index in [-0.39, 0.29) is 90.7 Å². The van der Waals surface area contributed by atoms with Crippen LogP contribution >= 0.6 is 0 Å². The summed E-state index contributed by atoms with van der Waals surface area (Å²) in [4.78, 5) is 24.9. The third kappa shape index (κ3) is 6.89. The van der Waals surface area contributed by atoms with Gasteiger partial charge >= 0.3 is 0 Å². The van der Waals surface area contributed by atoms with E-state index in [1.807, 2.05) is 0 Å². The fourth-order valence-electron chi connectivity index (χ4n) is 4.16. The van der Waals surface area contributed by atoms with Gasteiger partial charge in [0.15, 0.2) is 5.36 Å². The van der Waals surface area contributed by atoms with Crippen molar-refractivity contribution in [3.63, 3.8) is 0 Å². The van der Waals surface area contributed by atoms with Gasteiger partial charge in [0.2, 0.25) is 10.9 Å². The molecule has 0 heterocycles. The van der Waals surface area contributed by atoms with Crippen molar-refractivity contribution < 1.29 is 25.9 Å². The van der Waals surface area contributed by atoms with Crippen molar-refractivity contribution in [1.29, 1.82) is 0 Å². The number of hydrogen-bond donors (Lipinski definition) is 4. The van der Waals surface area contributed by atoms with E-state index in [1.54, 1.807) is 36.4 Å². The van der Waals surface area contributed by atoms with Crippen LogP contribution in [0.4, 0.5) is 11.4 Å². The Labute approximate surface area is 282 Å². The molecule has 5 aromatic rings. The van der Waals surface area contributed by atoms with Crippen molar-refractivity contribution >= 4 is 112 Å². The fourth-order valence-corrected chi connectivity index (χ4v) is 5.55. The van der Waals surface area contributed by atoms with E-state index in [9.17, 15) is 35.5 Å². The minimum absolute atomic E-state index is 0. The van der Waals surface area contributed by atoms with E-state index in [4.69, 9.17) is 0 Å². The van der Waals surface area contributed by atoms with Crippen LogP contribution in [0.2, 0.25) is 0 Å². The largest absolute Gasteiger partial charge is 0.295 e. The van der Waals surface area contributed by atoms with E-state index < -0.39 is 36.5 Å². The van der Waals surface area contributed by atoms with Crippen LogP contribution in [0.1, 0.15) is 0 Å². The predicted octanol–water partition coefficient (Wildman–Crippen LogP) is 1.18. The predicted molar refractivity (Wildman–Crippen MR) is 159 cm³/mol. The van der Waals surface area contributed by atoms with Gasteiger partial charge in [0.05, 0.1) is 11.4 Å². The summed E-state index contributed by atoms with van der Waals surface area (Å²) in [5.41, 5.74) is 4.40. The number of benzene rings is 5. The maximum absolute atomic E-state index is 13.0. The Morgan fingerprint density at radius 1 is 0.548 bits per heavy atom. The molecule has 0 atom stereocenters. The maximum Gasteiger partial charge on any atom is 0.295 e. The van der Waals surface area contributed by atoms with Crippen LogP contribution in [-0.2, 0) is 20.2 Å². The number of rotatable bonds is 6. The van der Waals surface area contributed by atoms with Gasteiger partial charge in [-0.2, -0.15) is 27.0 Å². The first-order valence-corrected chi connectivity index (χ1v) is 14.3. The molecular formula is C26H18N4Na2O8S2. The molecule has 0 bridgehead atoms. The molecule has 0 unspecified atom stereocenters. The summed E-state index contributed by atoms with van der Waals surface area (Å²) in [6, 6.07) is 20.0. The van der Waals surface area contributed by atoms with Crippen LogP contribution in [-0.4, -0.2) is 85.1 Å². The maximum atomic E-state index is 13.0. The third-order valence-corrected chi connectivity index (χ3v) is 7.81. The fraction of sp³-hybridized carbons (Fsp3) is 0. The first-order valence-electron chi connectivity index (χ1n) is 11.4. The number of nitrogens with one attached hydrogen (secondary N) is 2. The van der Waals surface area contributed by atoms with Gasteiger partial charge in [-0.1, -0.05) is 48.5 Å². The molecule has 2 radical (unpaired) electrons. The van der Waals surface area contributed by atoms with Crippen molar-refractivity contribution in [2.24, 2.45) is 10.2 Å². The summed E-state index contributed by atoms with van der Waals surface area (Å²) >= 11 is 0. The van der Waals surface area contributed by atoms with Gasteiger partial charge in [0.25, 0.3) is 20.2 Å². The van der Waals surface area contributed by atoms with Crippen molar-refractivity contribution in [2.75, 3.05) is 10.9 Å². The van der Waals surface area contributed by atoms with Crippen LogP contribution in [0.25, 0.3) is 21.5 Å². The zero-order chi connectivity index (χ0) is 28.7. The number of fused-ring (bicyclic) bond motifs is 2. The van der Waals surface area contributed by atoms with Gasteiger partial charge in [-0.15, -0.1) is 0 Å². The monoisotopic (exact) mass is 624 g/mol. The second-order valence-electron chi connectivity index (χ2n) is 8.47. The molecule has 0 saturated heterocycles. The number of nitrogens with zero attached hydrogens (tertiary/aromatic N) is 2. The second kappa shape index (κ2) is 13.3. The second-order valence-corrected chi connectivity index (χ2v) is 11.3. The van der Waals surface area contributed by atoms with E-state index in [1.165, 1.54) is 42.5 Å². The summed E-state index contributed by atoms with van der Waals surface area (Å²) in [5.74, 6) is 0. The molecule has 0 amide bonds. The van der Waals surface area contributed by atoms with Crippen LogP contribution in [0.5, 0.6) is 0 Å². The number of anilines is 2. The molecular weight excluding hydrogens is 606 g/mol. The summed E-state index contributed by atoms with van der Waals surface area (Å²) < 4.78 is 66.0. The van der Waals surface area contributed by atoms with Gasteiger partial charge in [-0.05, 0) is 36.4 Å². The van der Waals surface area contributed by atoms with Gasteiger partial charge in [-0.3, -0.25) is 29.5 Å². The Kier molecular flexibility index (Phi) is 10.7. The Balaban J connectivity index is 0.00000242. The molecule has 0 aromatic heterocycles. The molecule has 4 N–H and O–H groups in total. The molecule has 0 fully saturated rings. The van der Waals surface area contributed by atoms with Gasteiger partial charge in [-0.25, -0.2) is 0 Å². The minimum Gasteiger partial charge on any atom is -0.287 e. The van der Waals surface area contributed by atoms with Crippen molar-refractivity contribution in [1.82, 2.24) is 0 Å². The standard InChI is InChI=1S/C26H18N4O8S2.2Na/c31-22-12-9-21(29-27-19-10-13-23(39(33,34)35)17-7-3-1-5-15(17)19)26(32)25(22)30-28-20-11-14-24(40(36,37)38)18-8-4-2-6-16(18)20;;/h1-14,27-28H,(H,33,34,35)(H,36,37,38);;/b29-21+,30-25+;;. The van der Waals surface area contributed by atoms with E-state index in [2.05, 4.69) is 21.1 Å². The molecule has 5 aromatic carbocycles. The number of hydrogen-bond acceptors (Lipinski definition) is 10. The van der Waals surface area contributed by atoms with E-state index in [0.29, 0.717) is 16.5 Å². The third-order valence-electron chi connectivity index (χ3n) is 5.98. The van der Waals surface area contributed by atoms with Gasteiger partial charge in [0, 0.05) is 80.7 Å². The van der Waals surface area contributed by atoms with Crippen LogP contribution in [0.3, 0.4) is 0 Å². The summed E-state index contributed by atoms with van der Waals surface area (Å²) in [6.45, 7) is 0. The summed E-state index contributed by atoms with van der Waals surface area (Å²) in [7, 11) is -8.99. The van der Waals surface area contributed by atoms with Crippen molar-refractivity contribution in [2.45, 2.75) is 9.79 Å². The SMILES string of the molecule is O=c1cc/c(=N\Nc2ccc(S(=O)(=O)O)c3ccccc23)c(=O)/c1=N/Nc1ccc(S(=O)(=O)O)c2ccccc12.[Na].[Na]. The first-order chi connectivity index (χ1) is 18.9. The summed E-state index contributed by atoms with van der Waals surface area (Å²) in [6.07, 6.45) is 0. The zero-order valence-corrected chi connectivity index (χ0v) is 27.8. The van der Waals surface area contributed by atoms with Crippen LogP contribution in [0, 0.1) is 0 Å². The molecule has 0 aliphatic rings. The quantitative estimate of drug-likeness (QED) is 0.121. The topological polar surface area (TPSA) is 192 Å². The Morgan fingerprint density at radius 3 is 1.43 bits per heavy atom. The molecule has 0 saturated carbocycles. The normalized spacial score (nSPS) is 12.5. The van der Waals surface area contributed by atoms with Crippen LogP contribution in [0.15, 0.2) is 115 Å². The minimum atomic E-state index is -4.51. The molecule has 0 aliphatic carbocycles. The molecule has 204 valence electrons. The molecule has 42 heavy (non-hydrogen) atoms. The van der Waals surface area contributed by atoms with E-state index >= 15 is 0 Å². The Bertz CT molecular complexity index is 2290. The van der Waals surface area contributed by atoms with Gasteiger partial charge < -0.3 is 0 Å². The average Bonchev–Trinajstić information content (AvgIpc) is 2.91. The van der Waals surface area contributed by atoms with Crippen molar-refractivity contribution in [3.05, 3.63) is 116 Å². The van der Waals surface area contributed by atoms with Gasteiger partial charge in [0.1, 0.15) is 15.1 Å².